The highest BCUT2D eigenvalue weighted by atomic mass is 79.9. The van der Waals surface area contributed by atoms with Crippen molar-refractivity contribution >= 4 is 27.4 Å². The van der Waals surface area contributed by atoms with Crippen LogP contribution >= 0.6 is 15.9 Å². The molecule has 1 aromatic rings. The highest BCUT2D eigenvalue weighted by molar-refractivity contribution is 9.10. The largest absolute Gasteiger partial charge is 0.378 e. The van der Waals surface area contributed by atoms with Crippen LogP contribution in [-0.2, 0) is 0 Å². The summed E-state index contributed by atoms with van der Waals surface area (Å²) >= 11 is 2.87. The van der Waals surface area contributed by atoms with E-state index in [1.807, 2.05) is 0 Å². The molecular formula is C6H7BrN4O3. The Kier molecular flexibility index (Phi) is 2.87. The number of nitrogen functional groups attached to an aromatic ring is 1. The van der Waals surface area contributed by atoms with Gasteiger partial charge in [-0.05, 0) is 22.0 Å². The van der Waals surface area contributed by atoms with Crippen molar-refractivity contribution in [2.75, 3.05) is 5.73 Å². The van der Waals surface area contributed by atoms with E-state index in [1.54, 1.807) is 0 Å². The van der Waals surface area contributed by atoms with E-state index in [9.17, 15) is 15.2 Å². The number of aromatic nitrogens is 2. The first kappa shape index (κ1) is 10.7. The van der Waals surface area contributed by atoms with Crippen LogP contribution in [0.3, 0.4) is 0 Å². The lowest BCUT2D eigenvalue weighted by molar-refractivity contribution is -0.384. The molecule has 0 spiro atoms. The van der Waals surface area contributed by atoms with Crippen LogP contribution in [0.25, 0.3) is 0 Å². The molecule has 1 aromatic heterocycles. The Morgan fingerprint density at radius 1 is 1.86 bits per heavy atom. The number of nitro groups is 1. The van der Waals surface area contributed by atoms with Crippen LogP contribution in [0.2, 0.25) is 0 Å². The van der Waals surface area contributed by atoms with Gasteiger partial charge in [-0.3, -0.25) is 10.1 Å². The van der Waals surface area contributed by atoms with Crippen LogP contribution in [0.1, 0.15) is 6.23 Å². The topological polar surface area (TPSA) is 107 Å². The molecule has 1 unspecified atom stereocenters. The highest BCUT2D eigenvalue weighted by Crippen LogP contribution is 2.31. The average Bonchev–Trinajstić information content (AvgIpc) is 2.40. The molecule has 7 nitrogen and oxygen atoms in total. The number of aliphatic hydroxyl groups excluding tert-OH is 1. The minimum absolute atomic E-state index is 0.0269. The molecule has 0 saturated heterocycles. The van der Waals surface area contributed by atoms with Gasteiger partial charge in [0.05, 0.1) is 4.92 Å². The lowest BCUT2D eigenvalue weighted by Gasteiger charge is -2.05. The van der Waals surface area contributed by atoms with Crippen molar-refractivity contribution < 1.29 is 10.0 Å². The van der Waals surface area contributed by atoms with E-state index in [1.165, 1.54) is 0 Å². The summed E-state index contributed by atoms with van der Waals surface area (Å²) in [7, 11) is 0. The van der Waals surface area contributed by atoms with Crippen molar-refractivity contribution in [3.63, 3.8) is 0 Å². The molecule has 0 aromatic carbocycles. The Morgan fingerprint density at radius 2 is 2.43 bits per heavy atom. The summed E-state index contributed by atoms with van der Waals surface area (Å²) < 4.78 is 0.871. The third kappa shape index (κ3) is 1.61. The van der Waals surface area contributed by atoms with E-state index in [0.29, 0.717) is 0 Å². The van der Waals surface area contributed by atoms with E-state index in [-0.39, 0.29) is 16.1 Å². The maximum absolute atomic E-state index is 10.5. The molecule has 1 atom stereocenters. The van der Waals surface area contributed by atoms with E-state index in [4.69, 9.17) is 5.73 Å². The van der Waals surface area contributed by atoms with Crippen LogP contribution in [0.4, 0.5) is 11.5 Å². The van der Waals surface area contributed by atoms with Gasteiger partial charge >= 0.3 is 5.69 Å². The molecule has 8 heteroatoms. The first-order valence-electron chi connectivity index (χ1n) is 3.47. The third-order valence-corrected chi connectivity index (χ3v) is 2.06. The third-order valence-electron chi connectivity index (χ3n) is 1.52. The summed E-state index contributed by atoms with van der Waals surface area (Å²) in [4.78, 5) is 9.82. The van der Waals surface area contributed by atoms with Gasteiger partial charge < -0.3 is 10.8 Å². The standard InChI is InChI=1S/C6H7BrN4O3/c1-2-3(12)10-6(8)4(11(13)14)5(7)9-10/h2-3,12H,1,8H2. The van der Waals surface area contributed by atoms with Crippen LogP contribution in [0.15, 0.2) is 17.3 Å². The quantitative estimate of drug-likeness (QED) is 0.476. The van der Waals surface area contributed by atoms with Crippen molar-refractivity contribution in [2.24, 2.45) is 0 Å². The van der Waals surface area contributed by atoms with Gasteiger partial charge in [0.1, 0.15) is 0 Å². The van der Waals surface area contributed by atoms with Gasteiger partial charge in [-0.2, -0.15) is 5.10 Å². The number of aliphatic hydroxyl groups is 1. The molecule has 0 fully saturated rings. The number of hydrogen-bond acceptors (Lipinski definition) is 5. The van der Waals surface area contributed by atoms with Gasteiger partial charge in [-0.1, -0.05) is 6.58 Å². The summed E-state index contributed by atoms with van der Waals surface area (Å²) in [5.74, 6) is -0.228. The Balaban J connectivity index is 3.30. The van der Waals surface area contributed by atoms with Crippen molar-refractivity contribution in [3.8, 4) is 0 Å². The second-order valence-corrected chi connectivity index (χ2v) is 3.13. The maximum Gasteiger partial charge on any atom is 0.345 e. The van der Waals surface area contributed by atoms with Crippen LogP contribution < -0.4 is 5.73 Å². The zero-order chi connectivity index (χ0) is 10.9. The molecule has 14 heavy (non-hydrogen) atoms. The summed E-state index contributed by atoms with van der Waals surface area (Å²) in [6.45, 7) is 3.31. The van der Waals surface area contributed by atoms with E-state index < -0.39 is 11.2 Å². The number of hydrogen-bond donors (Lipinski definition) is 2. The molecule has 0 amide bonds. The molecule has 0 aliphatic heterocycles. The summed E-state index contributed by atoms with van der Waals surface area (Å²) in [5, 5.41) is 23.4. The normalized spacial score (nSPS) is 12.4. The Bertz CT molecular complexity index is 389. The highest BCUT2D eigenvalue weighted by Gasteiger charge is 2.26. The van der Waals surface area contributed by atoms with Gasteiger partial charge in [0, 0.05) is 0 Å². The minimum atomic E-state index is -1.18. The smallest absolute Gasteiger partial charge is 0.345 e. The fourth-order valence-corrected chi connectivity index (χ4v) is 1.40. The zero-order valence-electron chi connectivity index (χ0n) is 6.92. The first-order valence-corrected chi connectivity index (χ1v) is 4.26. The molecular weight excluding hydrogens is 256 g/mol. The number of anilines is 1. The monoisotopic (exact) mass is 262 g/mol. The Hall–Kier alpha value is -1.41. The van der Waals surface area contributed by atoms with E-state index in [0.717, 1.165) is 10.8 Å². The number of halogens is 1. The second-order valence-electron chi connectivity index (χ2n) is 2.38. The van der Waals surface area contributed by atoms with Crippen molar-refractivity contribution in [1.82, 2.24) is 9.78 Å². The molecule has 3 N–H and O–H groups in total. The summed E-state index contributed by atoms with van der Waals surface area (Å²) in [5.41, 5.74) is 5.03. The molecule has 1 rings (SSSR count). The fraction of sp³-hybridized carbons (Fsp3) is 0.167. The van der Waals surface area contributed by atoms with Crippen molar-refractivity contribution in [1.29, 1.82) is 0 Å². The molecule has 76 valence electrons. The van der Waals surface area contributed by atoms with Gasteiger partial charge in [0.15, 0.2) is 6.23 Å². The van der Waals surface area contributed by atoms with Gasteiger partial charge in [0.2, 0.25) is 10.4 Å². The van der Waals surface area contributed by atoms with Gasteiger partial charge in [-0.25, -0.2) is 4.68 Å². The molecule has 0 aliphatic rings. The molecule has 0 saturated carbocycles. The van der Waals surface area contributed by atoms with Crippen molar-refractivity contribution in [2.45, 2.75) is 6.23 Å². The first-order chi connectivity index (χ1) is 6.49. The molecule has 0 bridgehead atoms. The summed E-state index contributed by atoms with van der Waals surface area (Å²) in [6.07, 6.45) is -0.0282. The average molecular weight is 263 g/mol. The van der Waals surface area contributed by atoms with E-state index in [2.05, 4.69) is 27.6 Å². The minimum Gasteiger partial charge on any atom is -0.378 e. The predicted octanol–water partition coefficient (Wildman–Crippen LogP) is 0.813. The Labute approximate surface area is 87.1 Å². The predicted molar refractivity (Wildman–Crippen MR) is 52.4 cm³/mol. The summed E-state index contributed by atoms with van der Waals surface area (Å²) in [6, 6.07) is 0. The number of rotatable bonds is 3. The molecule has 0 radical (unpaired) electrons. The van der Waals surface area contributed by atoms with Gasteiger partial charge in [-0.15, -0.1) is 0 Å². The molecule has 1 heterocycles. The second kappa shape index (κ2) is 3.76. The van der Waals surface area contributed by atoms with Gasteiger partial charge in [0.25, 0.3) is 0 Å². The van der Waals surface area contributed by atoms with Crippen LogP contribution in [0, 0.1) is 10.1 Å². The van der Waals surface area contributed by atoms with Crippen molar-refractivity contribution in [3.05, 3.63) is 27.4 Å². The lowest BCUT2D eigenvalue weighted by atomic mass is 10.5. The number of nitrogens with two attached hydrogens (primary N) is 1. The fourth-order valence-electron chi connectivity index (χ4n) is 0.880. The number of nitrogens with zero attached hydrogens (tertiary/aromatic N) is 3. The zero-order valence-corrected chi connectivity index (χ0v) is 8.51. The Morgan fingerprint density at radius 3 is 2.79 bits per heavy atom. The SMILES string of the molecule is C=CC(O)n1nc(Br)c([N+](=O)[O-])c1N. The van der Waals surface area contributed by atoms with E-state index >= 15 is 0 Å². The van der Waals surface area contributed by atoms with Crippen LogP contribution in [0.5, 0.6) is 0 Å². The molecule has 0 aliphatic carbocycles. The van der Waals surface area contributed by atoms with Crippen LogP contribution in [-0.4, -0.2) is 19.8 Å². The lowest BCUT2D eigenvalue weighted by Crippen LogP contribution is -2.10. The maximum atomic E-state index is 10.5.